The summed E-state index contributed by atoms with van der Waals surface area (Å²) in [5.74, 6) is -1.54. The summed E-state index contributed by atoms with van der Waals surface area (Å²) in [5, 5.41) is 0.949. The molecule has 0 fully saturated rings. The fourth-order valence-electron chi connectivity index (χ4n) is 2.51. The fraction of sp³-hybridized carbons (Fsp3) is 0.158. The molecule has 134 valence electrons. The second kappa shape index (κ2) is 7.69. The third kappa shape index (κ3) is 4.00. The number of fused-ring (bicyclic) bond motifs is 1. The summed E-state index contributed by atoms with van der Waals surface area (Å²) < 4.78 is 18.8. The van der Waals surface area contributed by atoms with E-state index in [1.165, 1.54) is 25.1 Å². The lowest BCUT2D eigenvalue weighted by Gasteiger charge is -2.15. The molecule has 7 heteroatoms. The number of hydrogen-bond acceptors (Lipinski definition) is 3. The highest BCUT2D eigenvalue weighted by Gasteiger charge is 2.17. The zero-order chi connectivity index (χ0) is 18.5. The highest BCUT2D eigenvalue weighted by Crippen LogP contribution is 2.18. The van der Waals surface area contributed by atoms with Crippen molar-refractivity contribution >= 4 is 22.7 Å². The lowest BCUT2D eigenvalue weighted by Crippen LogP contribution is -2.47. The Kier molecular flexibility index (Phi) is 5.17. The fourth-order valence-corrected chi connectivity index (χ4v) is 2.51. The molecule has 6 nitrogen and oxygen atoms in total. The van der Waals surface area contributed by atoms with Gasteiger partial charge in [-0.25, -0.2) is 4.39 Å². The van der Waals surface area contributed by atoms with Gasteiger partial charge in [0.2, 0.25) is 5.91 Å². The van der Waals surface area contributed by atoms with Crippen molar-refractivity contribution in [3.05, 3.63) is 66.1 Å². The molecule has 0 bridgehead atoms. The van der Waals surface area contributed by atoms with Crippen molar-refractivity contribution in [1.29, 1.82) is 0 Å². The number of aromatic nitrogens is 1. The summed E-state index contributed by atoms with van der Waals surface area (Å²) in [4.78, 5) is 27.1. The van der Waals surface area contributed by atoms with E-state index in [-0.39, 0.29) is 18.1 Å². The van der Waals surface area contributed by atoms with E-state index in [1.54, 1.807) is 12.3 Å². The van der Waals surface area contributed by atoms with Crippen LogP contribution in [0.25, 0.3) is 10.9 Å². The number of ether oxygens (including phenoxy) is 1. The normalized spacial score (nSPS) is 11.8. The van der Waals surface area contributed by atoms with Crippen molar-refractivity contribution in [2.24, 2.45) is 0 Å². The van der Waals surface area contributed by atoms with Crippen LogP contribution >= 0.6 is 0 Å². The molecule has 0 unspecified atom stereocenters. The van der Waals surface area contributed by atoms with Crippen LogP contribution in [0.2, 0.25) is 0 Å². The Balaban J connectivity index is 1.52. The number of halogens is 1. The number of carbonyl (C=O) groups excluding carboxylic acids is 2. The second-order valence-corrected chi connectivity index (χ2v) is 5.76. The Labute approximate surface area is 149 Å². The highest BCUT2D eigenvalue weighted by atomic mass is 19.1. The smallest absolute Gasteiger partial charge is 0.279 e. The van der Waals surface area contributed by atoms with Crippen molar-refractivity contribution in [2.45, 2.75) is 19.4 Å². The van der Waals surface area contributed by atoms with Crippen LogP contribution in [-0.2, 0) is 16.0 Å². The molecule has 3 N–H and O–H groups in total. The van der Waals surface area contributed by atoms with Gasteiger partial charge in [-0.1, -0.05) is 30.3 Å². The Bertz CT molecular complexity index is 938. The maximum atomic E-state index is 13.5. The minimum atomic E-state index is -0.972. The summed E-state index contributed by atoms with van der Waals surface area (Å²) in [6.45, 7) is 1.47. The lowest BCUT2D eigenvalue weighted by atomic mass is 10.1. The van der Waals surface area contributed by atoms with Crippen molar-refractivity contribution in [2.75, 3.05) is 0 Å². The van der Waals surface area contributed by atoms with E-state index in [9.17, 15) is 14.0 Å². The zero-order valence-corrected chi connectivity index (χ0v) is 14.1. The molecule has 2 aromatic carbocycles. The van der Waals surface area contributed by atoms with Gasteiger partial charge in [-0.05, 0) is 30.7 Å². The third-order valence-electron chi connectivity index (χ3n) is 3.86. The third-order valence-corrected chi connectivity index (χ3v) is 3.86. The van der Waals surface area contributed by atoms with Gasteiger partial charge in [-0.15, -0.1) is 0 Å². The number of amides is 2. The van der Waals surface area contributed by atoms with E-state index in [0.717, 1.165) is 16.5 Å². The SMILES string of the molecule is C[C@@H](Oc1ccccc1F)C(=O)NNC(=O)Cc1c[nH]c2ccccc12. The van der Waals surface area contributed by atoms with E-state index in [1.807, 2.05) is 24.3 Å². The molecule has 0 aliphatic rings. The zero-order valence-electron chi connectivity index (χ0n) is 14.1. The van der Waals surface area contributed by atoms with Gasteiger partial charge in [0.1, 0.15) is 0 Å². The van der Waals surface area contributed by atoms with E-state index < -0.39 is 17.8 Å². The van der Waals surface area contributed by atoms with Crippen LogP contribution in [0, 0.1) is 5.82 Å². The van der Waals surface area contributed by atoms with Crippen LogP contribution in [0.3, 0.4) is 0 Å². The number of para-hydroxylation sites is 2. The number of carbonyl (C=O) groups is 2. The highest BCUT2D eigenvalue weighted by molar-refractivity contribution is 5.90. The van der Waals surface area contributed by atoms with E-state index in [0.29, 0.717) is 0 Å². The van der Waals surface area contributed by atoms with Gasteiger partial charge in [0.25, 0.3) is 5.91 Å². The average Bonchev–Trinajstić information content (AvgIpc) is 3.04. The maximum absolute atomic E-state index is 13.5. The average molecular weight is 355 g/mol. The molecule has 0 saturated carbocycles. The quantitative estimate of drug-likeness (QED) is 0.615. The van der Waals surface area contributed by atoms with Gasteiger partial charge in [-0.2, -0.15) is 0 Å². The van der Waals surface area contributed by atoms with Crippen LogP contribution in [-0.4, -0.2) is 22.9 Å². The number of rotatable bonds is 5. The van der Waals surface area contributed by atoms with E-state index >= 15 is 0 Å². The van der Waals surface area contributed by atoms with Crippen LogP contribution < -0.4 is 15.6 Å². The van der Waals surface area contributed by atoms with Crippen LogP contribution in [0.4, 0.5) is 4.39 Å². The minimum Gasteiger partial charge on any atom is -0.478 e. The number of hydrazine groups is 1. The first-order valence-electron chi connectivity index (χ1n) is 8.09. The lowest BCUT2D eigenvalue weighted by molar-refractivity contribution is -0.132. The first kappa shape index (κ1) is 17.5. The molecular weight excluding hydrogens is 337 g/mol. The van der Waals surface area contributed by atoms with Gasteiger partial charge >= 0.3 is 0 Å². The standard InChI is InChI=1S/C19H18FN3O3/c1-12(26-17-9-5-3-7-15(17)20)19(25)23-22-18(24)10-13-11-21-16-8-4-2-6-14(13)16/h2-9,11-12,21H,10H2,1H3,(H,22,24)(H,23,25)/t12-/m1/s1. The predicted molar refractivity (Wildman–Crippen MR) is 94.8 cm³/mol. The van der Waals surface area contributed by atoms with Gasteiger partial charge < -0.3 is 9.72 Å². The summed E-state index contributed by atoms with van der Waals surface area (Å²) in [6.07, 6.45) is 0.892. The largest absolute Gasteiger partial charge is 0.478 e. The van der Waals surface area contributed by atoms with Gasteiger partial charge in [0.15, 0.2) is 17.7 Å². The minimum absolute atomic E-state index is 0.0275. The summed E-state index contributed by atoms with van der Waals surface area (Å²) in [6, 6.07) is 13.4. The Morgan fingerprint density at radius 2 is 1.85 bits per heavy atom. The monoisotopic (exact) mass is 355 g/mol. The van der Waals surface area contributed by atoms with Crippen molar-refractivity contribution in [1.82, 2.24) is 15.8 Å². The predicted octanol–water partition coefficient (Wildman–Crippen LogP) is 2.46. The summed E-state index contributed by atoms with van der Waals surface area (Å²) in [5.41, 5.74) is 6.39. The molecule has 1 heterocycles. The van der Waals surface area contributed by atoms with Crippen LogP contribution in [0.1, 0.15) is 12.5 Å². The van der Waals surface area contributed by atoms with E-state index in [2.05, 4.69) is 15.8 Å². The van der Waals surface area contributed by atoms with Gasteiger partial charge in [0.05, 0.1) is 6.42 Å². The number of benzene rings is 2. The molecule has 26 heavy (non-hydrogen) atoms. The molecule has 0 spiro atoms. The van der Waals surface area contributed by atoms with Crippen molar-refractivity contribution in [3.8, 4) is 5.75 Å². The number of hydrogen-bond donors (Lipinski definition) is 3. The molecule has 3 rings (SSSR count). The molecule has 1 atom stereocenters. The first-order valence-corrected chi connectivity index (χ1v) is 8.09. The van der Waals surface area contributed by atoms with Crippen LogP contribution in [0.5, 0.6) is 5.75 Å². The second-order valence-electron chi connectivity index (χ2n) is 5.76. The number of nitrogens with one attached hydrogen (secondary N) is 3. The van der Waals surface area contributed by atoms with Crippen molar-refractivity contribution < 1.29 is 18.7 Å². The first-order chi connectivity index (χ1) is 12.5. The Morgan fingerprint density at radius 3 is 2.65 bits per heavy atom. The van der Waals surface area contributed by atoms with E-state index in [4.69, 9.17) is 4.74 Å². The number of H-pyrrole nitrogens is 1. The molecule has 0 aliphatic heterocycles. The van der Waals surface area contributed by atoms with Gasteiger partial charge in [0, 0.05) is 17.1 Å². The Hall–Kier alpha value is -3.35. The summed E-state index contributed by atoms with van der Waals surface area (Å²) >= 11 is 0. The molecule has 0 aliphatic carbocycles. The van der Waals surface area contributed by atoms with Crippen LogP contribution in [0.15, 0.2) is 54.7 Å². The molecule has 1 aromatic heterocycles. The molecule has 0 saturated heterocycles. The van der Waals surface area contributed by atoms with Gasteiger partial charge in [-0.3, -0.25) is 20.4 Å². The summed E-state index contributed by atoms with van der Waals surface area (Å²) in [7, 11) is 0. The Morgan fingerprint density at radius 1 is 1.12 bits per heavy atom. The topological polar surface area (TPSA) is 83.2 Å². The molecule has 3 aromatic rings. The maximum Gasteiger partial charge on any atom is 0.279 e. The molecule has 2 amide bonds. The number of aromatic amines is 1. The van der Waals surface area contributed by atoms with Crippen molar-refractivity contribution in [3.63, 3.8) is 0 Å². The molecular formula is C19H18FN3O3. The molecule has 0 radical (unpaired) electrons.